The Morgan fingerprint density at radius 2 is 2.00 bits per heavy atom. The number of benzene rings is 1. The number of aryl methyl sites for hydroxylation is 1. The number of carboxylic acids is 1. The molecule has 0 saturated carbocycles. The van der Waals surface area contributed by atoms with Gasteiger partial charge in [0, 0.05) is 6.20 Å². The van der Waals surface area contributed by atoms with Gasteiger partial charge in [-0.15, -0.1) is 0 Å². The number of nitrogens with zero attached hydrogens (tertiary/aromatic N) is 2. The fourth-order valence-corrected chi connectivity index (χ4v) is 1.81. The lowest BCUT2D eigenvalue weighted by Gasteiger charge is -2.26. The average Bonchev–Trinajstić information content (AvgIpc) is 2.76. The van der Waals surface area contributed by atoms with Crippen molar-refractivity contribution in [3.8, 4) is 0 Å². The Balaban J connectivity index is 2.58. The highest BCUT2D eigenvalue weighted by Crippen LogP contribution is 2.26. The summed E-state index contributed by atoms with van der Waals surface area (Å²) in [6.45, 7) is 3.51. The minimum absolute atomic E-state index is 0.727. The van der Waals surface area contributed by atoms with Gasteiger partial charge in [0.2, 0.25) is 0 Å². The Labute approximate surface area is 99.5 Å². The summed E-state index contributed by atoms with van der Waals surface area (Å²) in [5.41, 5.74) is 0.404. The molecular formula is C13H14N2O2. The summed E-state index contributed by atoms with van der Waals surface area (Å²) in [5.74, 6) is -0.902. The zero-order valence-electron chi connectivity index (χ0n) is 9.79. The molecule has 0 unspecified atom stereocenters. The number of aromatic nitrogens is 2. The van der Waals surface area contributed by atoms with Crippen LogP contribution >= 0.6 is 0 Å². The van der Waals surface area contributed by atoms with Gasteiger partial charge >= 0.3 is 5.97 Å². The summed E-state index contributed by atoms with van der Waals surface area (Å²) >= 11 is 0. The first kappa shape index (κ1) is 11.4. The fourth-order valence-electron chi connectivity index (χ4n) is 1.81. The van der Waals surface area contributed by atoms with E-state index in [1.54, 1.807) is 24.0 Å². The van der Waals surface area contributed by atoms with Crippen LogP contribution in [-0.2, 0) is 10.3 Å². The molecule has 0 aliphatic heterocycles. The van der Waals surface area contributed by atoms with Gasteiger partial charge < -0.3 is 9.67 Å². The number of hydrogen-bond acceptors (Lipinski definition) is 2. The molecule has 0 aliphatic rings. The second-order valence-corrected chi connectivity index (χ2v) is 4.17. The van der Waals surface area contributed by atoms with E-state index in [4.69, 9.17) is 0 Å². The van der Waals surface area contributed by atoms with Crippen molar-refractivity contribution in [2.45, 2.75) is 19.4 Å². The van der Waals surface area contributed by atoms with Crippen molar-refractivity contribution < 1.29 is 9.90 Å². The van der Waals surface area contributed by atoms with Crippen LogP contribution in [0, 0.1) is 6.92 Å². The molecule has 1 aromatic heterocycles. The molecule has 2 aromatic rings. The predicted octanol–water partition coefficient (Wildman–Crippen LogP) is 2.04. The third kappa shape index (κ3) is 1.82. The van der Waals surface area contributed by atoms with E-state index < -0.39 is 11.5 Å². The molecule has 0 fully saturated rings. The molecule has 0 saturated heterocycles. The standard InChI is InChI=1S/C13H14N2O2/c1-10-8-15(9-14-10)13(2,12(16)17)11-6-4-3-5-7-11/h3-9H,1-2H3,(H,16,17)/t13-/m1/s1. The first-order valence-corrected chi connectivity index (χ1v) is 5.35. The van der Waals surface area contributed by atoms with Gasteiger partial charge in [0.25, 0.3) is 0 Å². The van der Waals surface area contributed by atoms with Crippen LogP contribution < -0.4 is 0 Å². The van der Waals surface area contributed by atoms with Crippen LogP contribution in [0.3, 0.4) is 0 Å². The average molecular weight is 230 g/mol. The number of hydrogen-bond donors (Lipinski definition) is 1. The Kier molecular flexibility index (Phi) is 2.71. The fraction of sp³-hybridized carbons (Fsp3) is 0.231. The molecule has 0 bridgehead atoms. The molecule has 88 valence electrons. The van der Waals surface area contributed by atoms with Crippen molar-refractivity contribution in [1.82, 2.24) is 9.55 Å². The zero-order valence-corrected chi connectivity index (χ0v) is 9.79. The van der Waals surface area contributed by atoms with Crippen molar-refractivity contribution in [1.29, 1.82) is 0 Å². The van der Waals surface area contributed by atoms with Gasteiger partial charge in [-0.05, 0) is 19.4 Å². The van der Waals surface area contributed by atoms with E-state index in [9.17, 15) is 9.90 Å². The van der Waals surface area contributed by atoms with E-state index in [2.05, 4.69) is 4.98 Å². The van der Waals surface area contributed by atoms with E-state index in [1.807, 2.05) is 37.3 Å². The lowest BCUT2D eigenvalue weighted by Crippen LogP contribution is -2.39. The summed E-state index contributed by atoms with van der Waals surface area (Å²) < 4.78 is 1.62. The van der Waals surface area contributed by atoms with Crippen molar-refractivity contribution >= 4 is 5.97 Å². The highest BCUT2D eigenvalue weighted by molar-refractivity contribution is 5.80. The van der Waals surface area contributed by atoms with Crippen molar-refractivity contribution in [3.63, 3.8) is 0 Å². The molecule has 17 heavy (non-hydrogen) atoms. The number of carbonyl (C=O) groups is 1. The third-order valence-electron chi connectivity index (χ3n) is 2.98. The van der Waals surface area contributed by atoms with Gasteiger partial charge in [0.15, 0.2) is 5.54 Å². The zero-order chi connectivity index (χ0) is 12.5. The molecule has 0 spiro atoms. The van der Waals surface area contributed by atoms with E-state index in [0.717, 1.165) is 11.3 Å². The molecule has 4 nitrogen and oxygen atoms in total. The van der Waals surface area contributed by atoms with E-state index in [1.165, 1.54) is 0 Å². The second-order valence-electron chi connectivity index (χ2n) is 4.17. The number of carboxylic acid groups (broad SMARTS) is 1. The predicted molar refractivity (Wildman–Crippen MR) is 63.8 cm³/mol. The lowest BCUT2D eigenvalue weighted by molar-refractivity contribution is -0.144. The van der Waals surface area contributed by atoms with Crippen LogP contribution in [0.15, 0.2) is 42.9 Å². The Hall–Kier alpha value is -2.10. The van der Waals surface area contributed by atoms with Crippen LogP contribution in [0.1, 0.15) is 18.2 Å². The topological polar surface area (TPSA) is 55.1 Å². The van der Waals surface area contributed by atoms with Gasteiger partial charge in [0.1, 0.15) is 0 Å². The van der Waals surface area contributed by atoms with Gasteiger partial charge in [-0.3, -0.25) is 0 Å². The van der Waals surface area contributed by atoms with Crippen LogP contribution in [0.2, 0.25) is 0 Å². The highest BCUT2D eigenvalue weighted by atomic mass is 16.4. The second kappa shape index (κ2) is 4.05. The van der Waals surface area contributed by atoms with E-state index >= 15 is 0 Å². The van der Waals surface area contributed by atoms with Crippen LogP contribution in [0.25, 0.3) is 0 Å². The molecule has 0 amide bonds. The number of imidazole rings is 1. The minimum Gasteiger partial charge on any atom is -0.479 e. The first-order chi connectivity index (χ1) is 8.05. The number of rotatable bonds is 3. The molecular weight excluding hydrogens is 216 g/mol. The van der Waals surface area contributed by atoms with Gasteiger partial charge in [0.05, 0.1) is 12.0 Å². The Morgan fingerprint density at radius 3 is 2.47 bits per heavy atom. The summed E-state index contributed by atoms with van der Waals surface area (Å²) in [6.07, 6.45) is 3.29. The maximum absolute atomic E-state index is 11.6. The van der Waals surface area contributed by atoms with Gasteiger partial charge in [-0.1, -0.05) is 30.3 Å². The monoisotopic (exact) mass is 230 g/mol. The quantitative estimate of drug-likeness (QED) is 0.877. The number of aliphatic carboxylic acids is 1. The Bertz CT molecular complexity index is 533. The van der Waals surface area contributed by atoms with Crippen LogP contribution in [0.5, 0.6) is 0 Å². The smallest absolute Gasteiger partial charge is 0.334 e. The normalized spacial score (nSPS) is 14.2. The van der Waals surface area contributed by atoms with Crippen molar-refractivity contribution in [2.24, 2.45) is 0 Å². The SMILES string of the molecule is Cc1cn([C@@](C)(C(=O)O)c2ccccc2)cn1. The molecule has 1 N–H and O–H groups in total. The summed E-state index contributed by atoms with van der Waals surface area (Å²) in [5, 5.41) is 9.50. The molecule has 1 aromatic carbocycles. The summed E-state index contributed by atoms with van der Waals surface area (Å²) in [6, 6.07) is 9.15. The summed E-state index contributed by atoms with van der Waals surface area (Å²) in [4.78, 5) is 15.7. The maximum Gasteiger partial charge on any atom is 0.334 e. The molecule has 0 radical (unpaired) electrons. The van der Waals surface area contributed by atoms with Crippen molar-refractivity contribution in [3.05, 3.63) is 54.1 Å². The molecule has 0 aliphatic carbocycles. The van der Waals surface area contributed by atoms with Crippen LogP contribution in [0.4, 0.5) is 0 Å². The summed E-state index contributed by atoms with van der Waals surface area (Å²) in [7, 11) is 0. The van der Waals surface area contributed by atoms with Gasteiger partial charge in [-0.2, -0.15) is 0 Å². The van der Waals surface area contributed by atoms with E-state index in [-0.39, 0.29) is 0 Å². The third-order valence-corrected chi connectivity index (χ3v) is 2.98. The van der Waals surface area contributed by atoms with Gasteiger partial charge in [-0.25, -0.2) is 9.78 Å². The molecule has 1 heterocycles. The first-order valence-electron chi connectivity index (χ1n) is 5.35. The lowest BCUT2D eigenvalue weighted by atomic mass is 9.92. The molecule has 1 atom stereocenters. The molecule has 4 heteroatoms. The van der Waals surface area contributed by atoms with Crippen molar-refractivity contribution in [2.75, 3.05) is 0 Å². The maximum atomic E-state index is 11.6. The minimum atomic E-state index is -1.12. The van der Waals surface area contributed by atoms with Crippen LogP contribution in [-0.4, -0.2) is 20.6 Å². The molecule has 2 rings (SSSR count). The highest BCUT2D eigenvalue weighted by Gasteiger charge is 2.36. The van der Waals surface area contributed by atoms with E-state index in [0.29, 0.717) is 0 Å². The largest absolute Gasteiger partial charge is 0.479 e. The Morgan fingerprint density at radius 1 is 1.35 bits per heavy atom.